The molecule has 19 heavy (non-hydrogen) atoms. The highest BCUT2D eigenvalue weighted by atomic mass is 32.1. The second kappa shape index (κ2) is 9.26. The van der Waals surface area contributed by atoms with E-state index >= 15 is 0 Å². The third kappa shape index (κ3) is 7.47. The minimum atomic E-state index is 0.232. The molecule has 1 aromatic heterocycles. The van der Waals surface area contributed by atoms with Crippen molar-refractivity contribution in [1.29, 1.82) is 0 Å². The average Bonchev–Trinajstić information content (AvgIpc) is 2.80. The summed E-state index contributed by atoms with van der Waals surface area (Å²) in [6.45, 7) is 9.35. The summed E-state index contributed by atoms with van der Waals surface area (Å²) >= 11 is 1.54. The summed E-state index contributed by atoms with van der Waals surface area (Å²) in [5.74, 6) is 0. The van der Waals surface area contributed by atoms with Crippen molar-refractivity contribution < 1.29 is 4.74 Å². The Balaban J connectivity index is 2.24. The van der Waals surface area contributed by atoms with Gasteiger partial charge in [0, 0.05) is 6.04 Å². The van der Waals surface area contributed by atoms with E-state index in [1.54, 1.807) is 0 Å². The van der Waals surface area contributed by atoms with Crippen LogP contribution in [-0.2, 0) is 6.54 Å². The number of unbranched alkanes of at least 4 members (excludes halogenated alkanes) is 3. The fourth-order valence-electron chi connectivity index (χ4n) is 1.74. The van der Waals surface area contributed by atoms with Gasteiger partial charge < -0.3 is 10.1 Å². The van der Waals surface area contributed by atoms with Crippen LogP contribution in [0.5, 0.6) is 5.19 Å². The summed E-state index contributed by atoms with van der Waals surface area (Å²) < 4.78 is 5.80. The molecule has 0 radical (unpaired) electrons. The summed E-state index contributed by atoms with van der Waals surface area (Å²) in [6.07, 6.45) is 6.45. The van der Waals surface area contributed by atoms with Gasteiger partial charge >= 0.3 is 0 Å². The van der Waals surface area contributed by atoms with Crippen LogP contribution < -0.4 is 10.1 Å². The van der Waals surface area contributed by atoms with Crippen molar-refractivity contribution in [3.05, 3.63) is 5.01 Å². The number of nitrogens with zero attached hydrogens (tertiary/aromatic N) is 2. The van der Waals surface area contributed by atoms with Crippen molar-refractivity contribution in [3.63, 3.8) is 0 Å². The van der Waals surface area contributed by atoms with Gasteiger partial charge in [-0.3, -0.25) is 0 Å². The van der Waals surface area contributed by atoms with Gasteiger partial charge in [-0.15, -0.1) is 5.10 Å². The molecule has 1 atom stereocenters. The van der Waals surface area contributed by atoms with E-state index in [-0.39, 0.29) is 6.10 Å². The van der Waals surface area contributed by atoms with Crippen molar-refractivity contribution in [1.82, 2.24) is 15.5 Å². The zero-order valence-electron chi connectivity index (χ0n) is 12.6. The van der Waals surface area contributed by atoms with Crippen LogP contribution in [0.4, 0.5) is 0 Å². The number of ether oxygens (including phenoxy) is 1. The first kappa shape index (κ1) is 16.4. The van der Waals surface area contributed by atoms with Crippen LogP contribution in [-0.4, -0.2) is 22.3 Å². The zero-order valence-corrected chi connectivity index (χ0v) is 13.4. The minimum Gasteiger partial charge on any atom is -0.466 e. The van der Waals surface area contributed by atoms with Crippen LogP contribution in [0, 0.1) is 0 Å². The lowest BCUT2D eigenvalue weighted by Crippen LogP contribution is -2.21. The lowest BCUT2D eigenvalue weighted by molar-refractivity contribution is 0.204. The van der Waals surface area contributed by atoms with Gasteiger partial charge in [-0.2, -0.15) is 0 Å². The van der Waals surface area contributed by atoms with Crippen molar-refractivity contribution in [3.8, 4) is 5.19 Å². The summed E-state index contributed by atoms with van der Waals surface area (Å²) in [7, 11) is 0. The van der Waals surface area contributed by atoms with Gasteiger partial charge in [0.2, 0.25) is 0 Å². The summed E-state index contributed by atoms with van der Waals surface area (Å²) in [5.41, 5.74) is 0. The third-order valence-corrected chi connectivity index (χ3v) is 3.69. The van der Waals surface area contributed by atoms with Gasteiger partial charge in [-0.1, -0.05) is 56.5 Å². The Hall–Kier alpha value is -0.680. The predicted octanol–water partition coefficient (Wildman–Crippen LogP) is 3.77. The molecule has 4 nitrogen and oxygen atoms in total. The average molecular weight is 285 g/mol. The van der Waals surface area contributed by atoms with Gasteiger partial charge in [-0.25, -0.2) is 0 Å². The topological polar surface area (TPSA) is 47.0 Å². The van der Waals surface area contributed by atoms with E-state index in [2.05, 4.69) is 43.2 Å². The second-order valence-electron chi connectivity index (χ2n) is 5.28. The van der Waals surface area contributed by atoms with Crippen LogP contribution in [0.25, 0.3) is 0 Å². The summed E-state index contributed by atoms with van der Waals surface area (Å²) in [4.78, 5) is 0. The van der Waals surface area contributed by atoms with Gasteiger partial charge in [-0.05, 0) is 19.8 Å². The number of hydrogen-bond donors (Lipinski definition) is 1. The number of nitrogens with one attached hydrogen (secondary N) is 1. The largest absolute Gasteiger partial charge is 0.466 e. The molecular weight excluding hydrogens is 258 g/mol. The molecule has 1 aromatic rings. The molecule has 5 heteroatoms. The van der Waals surface area contributed by atoms with Crippen molar-refractivity contribution in [2.75, 3.05) is 0 Å². The van der Waals surface area contributed by atoms with Gasteiger partial charge in [0.05, 0.1) is 12.6 Å². The quantitative estimate of drug-likeness (QED) is 0.665. The predicted molar refractivity (Wildman–Crippen MR) is 80.7 cm³/mol. The number of rotatable bonds is 10. The maximum atomic E-state index is 5.80. The number of aromatic nitrogens is 2. The van der Waals surface area contributed by atoms with Crippen molar-refractivity contribution in [2.45, 2.75) is 78.5 Å². The molecule has 0 saturated carbocycles. The maximum absolute atomic E-state index is 5.80. The van der Waals surface area contributed by atoms with Crippen molar-refractivity contribution >= 4 is 11.3 Å². The van der Waals surface area contributed by atoms with E-state index in [9.17, 15) is 0 Å². The van der Waals surface area contributed by atoms with E-state index in [4.69, 9.17) is 4.74 Å². The van der Waals surface area contributed by atoms with Crippen LogP contribution in [0.3, 0.4) is 0 Å². The van der Waals surface area contributed by atoms with Crippen LogP contribution in [0.15, 0.2) is 0 Å². The molecule has 1 unspecified atom stereocenters. The van der Waals surface area contributed by atoms with Crippen LogP contribution >= 0.6 is 11.3 Å². The highest BCUT2D eigenvalue weighted by Gasteiger charge is 2.09. The normalized spacial score (nSPS) is 12.9. The molecule has 0 bridgehead atoms. The lowest BCUT2D eigenvalue weighted by Gasteiger charge is -2.11. The molecule has 0 amide bonds. The molecule has 0 aromatic carbocycles. The highest BCUT2D eigenvalue weighted by molar-refractivity contribution is 7.13. The highest BCUT2D eigenvalue weighted by Crippen LogP contribution is 2.20. The lowest BCUT2D eigenvalue weighted by atomic mass is 10.1. The molecule has 0 fully saturated rings. The van der Waals surface area contributed by atoms with E-state index in [1.807, 2.05) is 0 Å². The van der Waals surface area contributed by atoms with Gasteiger partial charge in [0.1, 0.15) is 5.01 Å². The first-order chi connectivity index (χ1) is 9.11. The smallest absolute Gasteiger partial charge is 0.294 e. The summed E-state index contributed by atoms with van der Waals surface area (Å²) in [5, 5.41) is 13.2. The monoisotopic (exact) mass is 285 g/mol. The van der Waals surface area contributed by atoms with E-state index in [0.717, 1.165) is 18.0 Å². The van der Waals surface area contributed by atoms with Crippen LogP contribution in [0.1, 0.15) is 64.8 Å². The SMILES string of the molecule is CCCCCCC(C)Oc1nnc(CNC(C)C)s1. The minimum absolute atomic E-state index is 0.232. The molecule has 0 aliphatic carbocycles. The fraction of sp³-hybridized carbons (Fsp3) is 0.857. The zero-order chi connectivity index (χ0) is 14.1. The van der Waals surface area contributed by atoms with E-state index in [0.29, 0.717) is 11.2 Å². The maximum Gasteiger partial charge on any atom is 0.294 e. The standard InChI is InChI=1S/C14H27N3OS/c1-5-6-7-8-9-12(4)18-14-17-16-13(19-14)10-15-11(2)3/h11-12,15H,5-10H2,1-4H3. The van der Waals surface area contributed by atoms with E-state index < -0.39 is 0 Å². The molecule has 110 valence electrons. The molecule has 0 saturated heterocycles. The number of hydrogen-bond acceptors (Lipinski definition) is 5. The fourth-order valence-corrected chi connectivity index (χ4v) is 2.47. The molecule has 0 spiro atoms. The van der Waals surface area contributed by atoms with E-state index in [1.165, 1.54) is 37.0 Å². The van der Waals surface area contributed by atoms with Crippen molar-refractivity contribution in [2.24, 2.45) is 0 Å². The van der Waals surface area contributed by atoms with Crippen LogP contribution in [0.2, 0.25) is 0 Å². The Bertz CT molecular complexity index is 341. The first-order valence-electron chi connectivity index (χ1n) is 7.34. The Morgan fingerprint density at radius 2 is 1.95 bits per heavy atom. The Kier molecular flexibility index (Phi) is 7.98. The second-order valence-corrected chi connectivity index (χ2v) is 6.30. The molecule has 0 aliphatic heterocycles. The molecule has 1 rings (SSSR count). The molecule has 1 N–H and O–H groups in total. The first-order valence-corrected chi connectivity index (χ1v) is 8.15. The Morgan fingerprint density at radius 3 is 2.63 bits per heavy atom. The van der Waals surface area contributed by atoms with Gasteiger partial charge in [0.25, 0.3) is 5.19 Å². The molecular formula is C14H27N3OS. The molecule has 1 heterocycles. The Labute approximate surface area is 121 Å². The Morgan fingerprint density at radius 1 is 1.16 bits per heavy atom. The third-order valence-electron chi connectivity index (χ3n) is 2.88. The summed E-state index contributed by atoms with van der Waals surface area (Å²) in [6, 6.07) is 0.464. The van der Waals surface area contributed by atoms with Gasteiger partial charge in [0.15, 0.2) is 0 Å². The molecule has 0 aliphatic rings.